The molecule has 0 radical (unpaired) electrons. The lowest BCUT2D eigenvalue weighted by Crippen LogP contribution is -2.22. The van der Waals surface area contributed by atoms with Crippen molar-refractivity contribution in [2.45, 2.75) is 4.90 Å². The van der Waals surface area contributed by atoms with E-state index in [1.807, 2.05) is 47.8 Å². The van der Waals surface area contributed by atoms with Gasteiger partial charge in [0.2, 0.25) is 15.6 Å². The summed E-state index contributed by atoms with van der Waals surface area (Å²) in [5.41, 5.74) is 2.86. The maximum atomic E-state index is 12.3. The van der Waals surface area contributed by atoms with Crippen molar-refractivity contribution in [3.05, 3.63) is 77.7 Å². The summed E-state index contributed by atoms with van der Waals surface area (Å²) in [6, 6.07) is 20.5. The van der Waals surface area contributed by atoms with Crippen LogP contribution in [-0.2, 0) is 10.0 Å². The van der Waals surface area contributed by atoms with Crippen molar-refractivity contribution < 1.29 is 12.8 Å². The van der Waals surface area contributed by atoms with Gasteiger partial charge in [-0.15, -0.1) is 11.3 Å². The van der Waals surface area contributed by atoms with Crippen molar-refractivity contribution in [2.24, 2.45) is 0 Å². The largest absolute Gasteiger partial charge is 0.438 e. The smallest absolute Gasteiger partial charge is 0.242 e. The minimum absolute atomic E-state index is 0.0566. The van der Waals surface area contributed by atoms with E-state index in [0.717, 1.165) is 27.4 Å². The summed E-state index contributed by atoms with van der Waals surface area (Å²) in [5, 5.41) is 14.1. The molecule has 0 bridgehead atoms. The number of nitrogens with zero attached hydrogens (tertiary/aromatic N) is 2. The predicted octanol–water partition coefficient (Wildman–Crippen LogP) is 5.11. The van der Waals surface area contributed by atoms with Crippen LogP contribution in [0.4, 0.5) is 0 Å². The predicted molar refractivity (Wildman–Crippen MR) is 127 cm³/mol. The lowest BCUT2D eigenvalue weighted by molar-refractivity contribution is 0.521. The van der Waals surface area contributed by atoms with Gasteiger partial charge in [0.25, 0.3) is 0 Å². The normalized spacial score (nSPS) is 12.1. The van der Waals surface area contributed by atoms with Crippen LogP contribution >= 0.6 is 11.3 Å². The summed E-state index contributed by atoms with van der Waals surface area (Å²) in [6.07, 6.45) is 0. The van der Waals surface area contributed by atoms with Crippen molar-refractivity contribution in [2.75, 3.05) is 14.1 Å². The van der Waals surface area contributed by atoms with E-state index in [0.29, 0.717) is 16.2 Å². The highest BCUT2D eigenvalue weighted by molar-refractivity contribution is 7.89. The van der Waals surface area contributed by atoms with Gasteiger partial charge < -0.3 is 4.42 Å². The van der Waals surface area contributed by atoms with Crippen LogP contribution in [0, 0.1) is 5.41 Å². The Labute approximate surface area is 189 Å². The van der Waals surface area contributed by atoms with Gasteiger partial charge in [0, 0.05) is 30.4 Å². The second-order valence-electron chi connectivity index (χ2n) is 7.54. The number of nitrogens with one attached hydrogen (secondary N) is 1. The van der Waals surface area contributed by atoms with Crippen molar-refractivity contribution in [3.63, 3.8) is 0 Å². The van der Waals surface area contributed by atoms with Crippen molar-refractivity contribution >= 4 is 43.1 Å². The molecule has 0 saturated heterocycles. The van der Waals surface area contributed by atoms with Crippen LogP contribution < -0.4 is 5.55 Å². The molecule has 0 atom stereocenters. The van der Waals surface area contributed by atoms with Crippen molar-refractivity contribution in [3.8, 4) is 21.8 Å². The van der Waals surface area contributed by atoms with Crippen LogP contribution in [0.15, 0.2) is 81.4 Å². The molecule has 0 saturated carbocycles. The van der Waals surface area contributed by atoms with Gasteiger partial charge in [0.05, 0.1) is 16.2 Å². The van der Waals surface area contributed by atoms with E-state index in [1.54, 1.807) is 24.3 Å². The number of aromatic nitrogens is 1. The van der Waals surface area contributed by atoms with E-state index in [1.165, 1.54) is 29.7 Å². The van der Waals surface area contributed by atoms with Gasteiger partial charge in [0.1, 0.15) is 10.6 Å². The first-order chi connectivity index (χ1) is 15.3. The first kappa shape index (κ1) is 20.6. The third-order valence-electron chi connectivity index (χ3n) is 5.34. The molecule has 0 amide bonds. The van der Waals surface area contributed by atoms with E-state index in [-0.39, 0.29) is 10.4 Å². The molecule has 5 aromatic rings. The Hall–Kier alpha value is -3.33. The maximum absolute atomic E-state index is 12.3. The maximum Gasteiger partial charge on any atom is 0.242 e. The molecule has 0 spiro atoms. The Bertz CT molecular complexity index is 1630. The fraction of sp³-hybridized carbons (Fsp3) is 0.0833. The zero-order chi connectivity index (χ0) is 22.5. The zero-order valence-electron chi connectivity index (χ0n) is 17.4. The summed E-state index contributed by atoms with van der Waals surface area (Å²) in [5.74, 6) is 0. The lowest BCUT2D eigenvalue weighted by atomic mass is 10.0. The van der Waals surface area contributed by atoms with Gasteiger partial charge in [-0.25, -0.2) is 17.7 Å². The molecule has 0 aliphatic rings. The van der Waals surface area contributed by atoms with Gasteiger partial charge in [0.15, 0.2) is 0 Å². The molecule has 32 heavy (non-hydrogen) atoms. The second-order valence-corrected chi connectivity index (χ2v) is 10.5. The van der Waals surface area contributed by atoms with Gasteiger partial charge in [-0.3, -0.25) is 5.41 Å². The highest BCUT2D eigenvalue weighted by atomic mass is 32.2. The summed E-state index contributed by atoms with van der Waals surface area (Å²) >= 11 is 1.42. The first-order valence-electron chi connectivity index (χ1n) is 9.84. The molecule has 0 aliphatic carbocycles. The lowest BCUT2D eigenvalue weighted by Gasteiger charge is -2.11. The van der Waals surface area contributed by atoms with Crippen LogP contribution in [0.2, 0.25) is 0 Å². The molecule has 1 N–H and O–H groups in total. The number of thiazole rings is 1. The minimum Gasteiger partial charge on any atom is -0.438 e. The van der Waals surface area contributed by atoms with Gasteiger partial charge in [-0.05, 0) is 35.0 Å². The molecule has 8 heteroatoms. The third-order valence-corrected chi connectivity index (χ3v) is 8.04. The Kier molecular flexibility index (Phi) is 4.93. The Balaban J connectivity index is 1.57. The van der Waals surface area contributed by atoms with Crippen molar-refractivity contribution in [1.29, 1.82) is 5.41 Å². The topological polar surface area (TPSA) is 87.3 Å². The number of benzene rings is 3. The van der Waals surface area contributed by atoms with Crippen LogP contribution in [0.5, 0.6) is 0 Å². The number of hydrogen-bond donors (Lipinski definition) is 1. The highest BCUT2D eigenvalue weighted by Crippen LogP contribution is 2.31. The molecular formula is C24H19N3O3S2. The molecule has 0 unspecified atom stereocenters. The van der Waals surface area contributed by atoms with E-state index in [2.05, 4.69) is 0 Å². The average molecular weight is 462 g/mol. The Morgan fingerprint density at radius 2 is 1.72 bits per heavy atom. The van der Waals surface area contributed by atoms with Crippen LogP contribution in [0.25, 0.3) is 43.6 Å². The average Bonchev–Trinajstić information content (AvgIpc) is 3.28. The number of hydrogen-bond acceptors (Lipinski definition) is 6. The van der Waals surface area contributed by atoms with E-state index >= 15 is 0 Å². The van der Waals surface area contributed by atoms with Crippen LogP contribution in [0.3, 0.4) is 0 Å². The monoisotopic (exact) mass is 461 g/mol. The fourth-order valence-electron chi connectivity index (χ4n) is 3.59. The zero-order valence-corrected chi connectivity index (χ0v) is 19.0. The highest BCUT2D eigenvalue weighted by Gasteiger charge is 2.17. The quantitative estimate of drug-likeness (QED) is 0.377. The standard InChI is InChI=1S/C24H19N3O3S2/c1-27(2)32(28,29)17-10-7-16(8-11-17)21-14-31-24(26-21)20-13-19-18-6-4-3-5-15(18)9-12-22(19)30-23(20)25/h3-14,25H,1-2H3. The molecule has 0 aliphatic heterocycles. The molecule has 6 nitrogen and oxygen atoms in total. The second kappa shape index (κ2) is 7.67. The van der Waals surface area contributed by atoms with Crippen LogP contribution in [0.1, 0.15) is 0 Å². The first-order valence-corrected chi connectivity index (χ1v) is 12.2. The Morgan fingerprint density at radius 1 is 0.969 bits per heavy atom. The van der Waals surface area contributed by atoms with Gasteiger partial charge in [-0.2, -0.15) is 0 Å². The van der Waals surface area contributed by atoms with E-state index in [4.69, 9.17) is 14.8 Å². The summed E-state index contributed by atoms with van der Waals surface area (Å²) in [6.45, 7) is 0. The third kappa shape index (κ3) is 3.42. The van der Waals surface area contributed by atoms with Gasteiger partial charge in [-0.1, -0.05) is 42.5 Å². The van der Waals surface area contributed by atoms with Gasteiger partial charge >= 0.3 is 0 Å². The van der Waals surface area contributed by atoms with E-state index < -0.39 is 10.0 Å². The summed E-state index contributed by atoms with van der Waals surface area (Å²) in [4.78, 5) is 4.94. The SMILES string of the molecule is CN(C)S(=O)(=O)c1ccc(-c2csc(-c3cc4c(ccc5ccccc54)oc3=N)n2)cc1. The van der Waals surface area contributed by atoms with Crippen LogP contribution in [-0.4, -0.2) is 31.8 Å². The minimum atomic E-state index is -3.48. The molecule has 3 aromatic carbocycles. The van der Waals surface area contributed by atoms with E-state index in [9.17, 15) is 8.42 Å². The molecule has 2 heterocycles. The molecule has 5 rings (SSSR count). The molecule has 2 aromatic heterocycles. The summed E-state index contributed by atoms with van der Waals surface area (Å²) in [7, 11) is -0.467. The molecule has 0 fully saturated rings. The van der Waals surface area contributed by atoms with Crippen molar-refractivity contribution in [1.82, 2.24) is 9.29 Å². The number of fused-ring (bicyclic) bond motifs is 3. The molecule has 160 valence electrons. The number of sulfonamides is 1. The number of rotatable bonds is 4. The fourth-order valence-corrected chi connectivity index (χ4v) is 5.33. The summed E-state index contributed by atoms with van der Waals surface area (Å²) < 4.78 is 31.6. The Morgan fingerprint density at radius 3 is 2.47 bits per heavy atom. The molecular weight excluding hydrogens is 442 g/mol.